The molecule has 0 saturated carbocycles. The van der Waals surface area contributed by atoms with Gasteiger partial charge in [0.25, 0.3) is 0 Å². The second kappa shape index (κ2) is 9.79. The summed E-state index contributed by atoms with van der Waals surface area (Å²) in [4.78, 5) is 23.7. The van der Waals surface area contributed by atoms with Crippen LogP contribution in [0.4, 0.5) is 0 Å². The van der Waals surface area contributed by atoms with Gasteiger partial charge in [0.05, 0.1) is 18.2 Å². The lowest BCUT2D eigenvalue weighted by Crippen LogP contribution is -2.71. The van der Waals surface area contributed by atoms with E-state index in [1.165, 1.54) is 6.92 Å². The van der Waals surface area contributed by atoms with Crippen molar-refractivity contribution < 1.29 is 14.3 Å². The molecule has 164 valence electrons. The van der Waals surface area contributed by atoms with Gasteiger partial charge < -0.3 is 10.1 Å². The molecule has 3 aromatic carbocycles. The van der Waals surface area contributed by atoms with Gasteiger partial charge in [-0.2, -0.15) is 0 Å². The molecule has 2 N–H and O–H groups in total. The molecule has 0 aliphatic carbocycles. The molecule has 1 heterocycles. The minimum Gasteiger partial charge on any atom is -0.466 e. The molecule has 1 aliphatic rings. The highest BCUT2D eigenvalue weighted by molar-refractivity contribution is 5.89. The maximum Gasteiger partial charge on any atom is 0.302 e. The van der Waals surface area contributed by atoms with Crippen LogP contribution in [0.15, 0.2) is 91.0 Å². The molecule has 2 atom stereocenters. The number of carbonyl (C=O) groups is 2. The van der Waals surface area contributed by atoms with Gasteiger partial charge in [0.15, 0.2) is 0 Å². The Balaban J connectivity index is 1.71. The quantitative estimate of drug-likeness (QED) is 0.236. The van der Waals surface area contributed by atoms with Crippen LogP contribution in [0.3, 0.4) is 0 Å². The number of ether oxygens (including phenoxy) is 1. The maximum atomic E-state index is 12.7. The summed E-state index contributed by atoms with van der Waals surface area (Å²) < 4.78 is 5.06. The van der Waals surface area contributed by atoms with Crippen LogP contribution in [0.2, 0.25) is 0 Å². The van der Waals surface area contributed by atoms with Crippen molar-refractivity contribution in [2.45, 2.75) is 37.4 Å². The number of amides is 1. The molecule has 3 aromatic rings. The molecule has 0 aromatic heterocycles. The van der Waals surface area contributed by atoms with E-state index in [1.807, 2.05) is 54.6 Å². The van der Waals surface area contributed by atoms with Crippen molar-refractivity contribution in [2.24, 2.45) is 0 Å². The minimum absolute atomic E-state index is 0.0188. The molecule has 0 spiro atoms. The SMILES string of the molecule is CC(=O)OCCC[C@@H]1NC(=O)[C@H]1NC(c1ccccc1)(c1ccccc1)c1ccccc1. The van der Waals surface area contributed by atoms with E-state index in [0.717, 1.165) is 23.1 Å². The molecule has 0 unspecified atom stereocenters. The number of esters is 1. The number of benzene rings is 3. The average molecular weight is 429 g/mol. The first kappa shape index (κ1) is 21.8. The van der Waals surface area contributed by atoms with E-state index in [4.69, 9.17) is 4.74 Å². The molecular formula is C27H28N2O3. The third-order valence-electron chi connectivity index (χ3n) is 5.97. The monoisotopic (exact) mass is 428 g/mol. The first-order chi connectivity index (χ1) is 15.6. The van der Waals surface area contributed by atoms with Gasteiger partial charge in [-0.1, -0.05) is 91.0 Å². The van der Waals surface area contributed by atoms with Crippen LogP contribution in [0.1, 0.15) is 36.5 Å². The van der Waals surface area contributed by atoms with E-state index < -0.39 is 5.54 Å². The average Bonchev–Trinajstić information content (AvgIpc) is 2.83. The number of nitrogens with one attached hydrogen (secondary N) is 2. The largest absolute Gasteiger partial charge is 0.466 e. The van der Waals surface area contributed by atoms with E-state index in [0.29, 0.717) is 13.0 Å². The standard InChI is InChI=1S/C27H28N2O3/c1-20(30)32-19-11-18-24-25(26(31)28-24)29-27(21-12-5-2-6-13-21,22-14-7-3-8-15-22)23-16-9-4-10-17-23/h2-10,12-17,24-25,29H,11,18-19H2,1H3,(H,28,31)/t24-,25-/m0/s1. The van der Waals surface area contributed by atoms with Crippen molar-refractivity contribution in [1.29, 1.82) is 0 Å². The summed E-state index contributed by atoms with van der Waals surface area (Å²) in [5.41, 5.74) is 2.50. The van der Waals surface area contributed by atoms with Crippen LogP contribution in [0, 0.1) is 0 Å². The zero-order valence-corrected chi connectivity index (χ0v) is 18.2. The summed E-state index contributed by atoms with van der Waals surface area (Å²) in [6.45, 7) is 1.76. The van der Waals surface area contributed by atoms with Gasteiger partial charge in [0.1, 0.15) is 6.04 Å². The molecule has 1 fully saturated rings. The Labute approximate surface area is 188 Å². The Bertz CT molecular complexity index is 942. The topological polar surface area (TPSA) is 67.4 Å². The summed E-state index contributed by atoms with van der Waals surface area (Å²) in [5, 5.41) is 6.76. The fourth-order valence-electron chi connectivity index (χ4n) is 4.41. The van der Waals surface area contributed by atoms with Crippen LogP contribution in [-0.4, -0.2) is 30.6 Å². The van der Waals surface area contributed by atoms with Crippen LogP contribution in [0.25, 0.3) is 0 Å². The van der Waals surface area contributed by atoms with Crippen molar-refractivity contribution in [3.63, 3.8) is 0 Å². The van der Waals surface area contributed by atoms with Crippen molar-refractivity contribution >= 4 is 11.9 Å². The van der Waals surface area contributed by atoms with E-state index in [1.54, 1.807) is 0 Å². The molecular weight excluding hydrogens is 400 g/mol. The molecule has 1 amide bonds. The maximum absolute atomic E-state index is 12.7. The van der Waals surface area contributed by atoms with Crippen molar-refractivity contribution in [3.05, 3.63) is 108 Å². The normalized spacial score (nSPS) is 17.8. The fourth-order valence-corrected chi connectivity index (χ4v) is 4.41. The highest BCUT2D eigenvalue weighted by Crippen LogP contribution is 2.38. The smallest absolute Gasteiger partial charge is 0.302 e. The van der Waals surface area contributed by atoms with Gasteiger partial charge in [-0.05, 0) is 29.5 Å². The third-order valence-corrected chi connectivity index (χ3v) is 5.97. The van der Waals surface area contributed by atoms with E-state index in [2.05, 4.69) is 47.0 Å². The minimum atomic E-state index is -0.694. The summed E-state index contributed by atoms with van der Waals surface area (Å²) in [6.07, 6.45) is 1.42. The lowest BCUT2D eigenvalue weighted by molar-refractivity contribution is -0.141. The van der Waals surface area contributed by atoms with Crippen LogP contribution >= 0.6 is 0 Å². The molecule has 0 bridgehead atoms. The lowest BCUT2D eigenvalue weighted by Gasteiger charge is -2.46. The predicted octanol–water partition coefficient (Wildman–Crippen LogP) is 3.78. The molecule has 5 heteroatoms. The zero-order chi connectivity index (χ0) is 22.4. The van der Waals surface area contributed by atoms with Crippen molar-refractivity contribution in [3.8, 4) is 0 Å². The summed E-state index contributed by atoms with van der Waals surface area (Å²) in [7, 11) is 0. The molecule has 32 heavy (non-hydrogen) atoms. The Kier molecular flexibility index (Phi) is 6.66. The van der Waals surface area contributed by atoms with E-state index >= 15 is 0 Å². The van der Waals surface area contributed by atoms with Crippen LogP contribution in [-0.2, 0) is 19.9 Å². The van der Waals surface area contributed by atoms with Crippen molar-refractivity contribution in [2.75, 3.05) is 6.61 Å². The number of hydrogen-bond acceptors (Lipinski definition) is 4. The first-order valence-corrected chi connectivity index (χ1v) is 11.0. The third kappa shape index (κ3) is 4.43. The number of hydrogen-bond donors (Lipinski definition) is 2. The van der Waals surface area contributed by atoms with Crippen LogP contribution < -0.4 is 10.6 Å². The van der Waals surface area contributed by atoms with E-state index in [-0.39, 0.29) is 24.0 Å². The lowest BCUT2D eigenvalue weighted by atomic mass is 9.75. The molecule has 0 radical (unpaired) electrons. The van der Waals surface area contributed by atoms with Gasteiger partial charge in [0.2, 0.25) is 5.91 Å². The van der Waals surface area contributed by atoms with Gasteiger partial charge in [-0.3, -0.25) is 14.9 Å². The van der Waals surface area contributed by atoms with E-state index in [9.17, 15) is 9.59 Å². The second-order valence-electron chi connectivity index (χ2n) is 8.07. The summed E-state index contributed by atoms with van der Waals surface area (Å²) in [6, 6.07) is 30.3. The first-order valence-electron chi connectivity index (χ1n) is 11.0. The Morgan fingerprint density at radius 2 is 1.34 bits per heavy atom. The number of rotatable bonds is 9. The summed E-state index contributed by atoms with van der Waals surface area (Å²) >= 11 is 0. The molecule has 4 rings (SSSR count). The Morgan fingerprint density at radius 3 is 1.75 bits per heavy atom. The highest BCUT2D eigenvalue weighted by Gasteiger charge is 2.46. The molecule has 1 aliphatic heterocycles. The number of β-lactam (4-membered cyclic amide) rings is 1. The zero-order valence-electron chi connectivity index (χ0n) is 18.2. The van der Waals surface area contributed by atoms with Crippen molar-refractivity contribution in [1.82, 2.24) is 10.6 Å². The molecule has 1 saturated heterocycles. The van der Waals surface area contributed by atoms with Gasteiger partial charge in [0, 0.05) is 6.92 Å². The fraction of sp³-hybridized carbons (Fsp3) is 0.259. The van der Waals surface area contributed by atoms with Gasteiger partial charge >= 0.3 is 5.97 Å². The predicted molar refractivity (Wildman–Crippen MR) is 124 cm³/mol. The van der Waals surface area contributed by atoms with Crippen LogP contribution in [0.5, 0.6) is 0 Å². The second-order valence-corrected chi connectivity index (χ2v) is 8.07. The summed E-state index contributed by atoms with van der Waals surface area (Å²) in [5.74, 6) is -0.303. The highest BCUT2D eigenvalue weighted by atomic mass is 16.5. The van der Waals surface area contributed by atoms with Gasteiger partial charge in [-0.15, -0.1) is 0 Å². The molecule has 5 nitrogen and oxygen atoms in total. The van der Waals surface area contributed by atoms with Gasteiger partial charge in [-0.25, -0.2) is 0 Å². The Hall–Kier alpha value is -3.44. The Morgan fingerprint density at radius 1 is 0.875 bits per heavy atom. The number of carbonyl (C=O) groups excluding carboxylic acids is 2.